The number of rotatable bonds is 6. The summed E-state index contributed by atoms with van der Waals surface area (Å²) in [6.45, 7) is 6.43. The van der Waals surface area contributed by atoms with E-state index in [2.05, 4.69) is 30.2 Å². The van der Waals surface area contributed by atoms with Gasteiger partial charge in [-0.05, 0) is 37.1 Å². The van der Waals surface area contributed by atoms with Gasteiger partial charge in [-0.2, -0.15) is 0 Å². The van der Waals surface area contributed by atoms with Crippen molar-refractivity contribution >= 4 is 0 Å². The summed E-state index contributed by atoms with van der Waals surface area (Å²) in [5, 5.41) is 3.45. The Kier molecular flexibility index (Phi) is 5.23. The first-order valence-corrected chi connectivity index (χ1v) is 5.44. The standard InChI is InChI=1S/C12H20N2/c1-3-4-5-7-13-10-12-6-8-14-9-11(12)2/h6,8-9,13H,3-5,7,10H2,1-2H3. The first-order chi connectivity index (χ1) is 6.84. The Morgan fingerprint density at radius 1 is 1.36 bits per heavy atom. The lowest BCUT2D eigenvalue weighted by molar-refractivity contribution is 0.615. The molecule has 78 valence electrons. The number of hydrogen-bond donors (Lipinski definition) is 1. The molecule has 1 aromatic heterocycles. The molecule has 2 nitrogen and oxygen atoms in total. The molecule has 1 N–H and O–H groups in total. The van der Waals surface area contributed by atoms with Crippen LogP contribution in [0.15, 0.2) is 18.5 Å². The molecule has 1 aromatic rings. The van der Waals surface area contributed by atoms with Crippen LogP contribution in [0.25, 0.3) is 0 Å². The van der Waals surface area contributed by atoms with Gasteiger partial charge in [-0.15, -0.1) is 0 Å². The molecule has 0 aliphatic carbocycles. The van der Waals surface area contributed by atoms with Crippen molar-refractivity contribution in [3.63, 3.8) is 0 Å². The van der Waals surface area contributed by atoms with Gasteiger partial charge in [0.15, 0.2) is 0 Å². The monoisotopic (exact) mass is 192 g/mol. The minimum absolute atomic E-state index is 0.970. The van der Waals surface area contributed by atoms with Crippen LogP contribution in [0.4, 0.5) is 0 Å². The Morgan fingerprint density at radius 3 is 2.93 bits per heavy atom. The van der Waals surface area contributed by atoms with Crippen LogP contribution >= 0.6 is 0 Å². The van der Waals surface area contributed by atoms with Crippen molar-refractivity contribution in [3.8, 4) is 0 Å². The zero-order valence-corrected chi connectivity index (χ0v) is 9.21. The second-order valence-corrected chi connectivity index (χ2v) is 3.69. The number of hydrogen-bond acceptors (Lipinski definition) is 2. The molecule has 0 radical (unpaired) electrons. The minimum Gasteiger partial charge on any atom is -0.313 e. The maximum absolute atomic E-state index is 4.07. The molecule has 0 aliphatic heterocycles. The van der Waals surface area contributed by atoms with Gasteiger partial charge in [0.2, 0.25) is 0 Å². The first-order valence-electron chi connectivity index (χ1n) is 5.44. The van der Waals surface area contributed by atoms with Crippen molar-refractivity contribution in [2.24, 2.45) is 0 Å². The Hall–Kier alpha value is -0.890. The summed E-state index contributed by atoms with van der Waals surface area (Å²) in [4.78, 5) is 4.07. The summed E-state index contributed by atoms with van der Waals surface area (Å²) in [5.74, 6) is 0. The Bertz CT molecular complexity index is 258. The van der Waals surface area contributed by atoms with E-state index >= 15 is 0 Å². The van der Waals surface area contributed by atoms with Crippen molar-refractivity contribution in [3.05, 3.63) is 29.6 Å². The largest absolute Gasteiger partial charge is 0.313 e. The van der Waals surface area contributed by atoms with E-state index in [0.717, 1.165) is 13.1 Å². The van der Waals surface area contributed by atoms with E-state index in [-0.39, 0.29) is 0 Å². The van der Waals surface area contributed by atoms with Crippen LogP contribution in [0.2, 0.25) is 0 Å². The smallest absolute Gasteiger partial charge is 0.0300 e. The number of unbranched alkanes of at least 4 members (excludes halogenated alkanes) is 2. The second-order valence-electron chi connectivity index (χ2n) is 3.69. The maximum atomic E-state index is 4.07. The fourth-order valence-electron chi connectivity index (χ4n) is 1.42. The van der Waals surface area contributed by atoms with E-state index in [9.17, 15) is 0 Å². The third kappa shape index (κ3) is 3.88. The molecule has 0 aliphatic rings. The first kappa shape index (κ1) is 11.2. The normalized spacial score (nSPS) is 10.4. The molecule has 2 heteroatoms. The van der Waals surface area contributed by atoms with E-state index < -0.39 is 0 Å². The second kappa shape index (κ2) is 6.55. The van der Waals surface area contributed by atoms with Gasteiger partial charge in [-0.3, -0.25) is 4.98 Å². The predicted molar refractivity (Wildman–Crippen MR) is 60.2 cm³/mol. The lowest BCUT2D eigenvalue weighted by atomic mass is 10.1. The molecule has 0 atom stereocenters. The molecule has 0 spiro atoms. The molecule has 1 rings (SSSR count). The van der Waals surface area contributed by atoms with Crippen molar-refractivity contribution < 1.29 is 0 Å². The summed E-state index contributed by atoms with van der Waals surface area (Å²) in [5.41, 5.74) is 2.63. The molecule has 0 saturated heterocycles. The van der Waals surface area contributed by atoms with Gasteiger partial charge in [-0.25, -0.2) is 0 Å². The zero-order valence-electron chi connectivity index (χ0n) is 9.21. The SMILES string of the molecule is CCCCCNCc1ccncc1C. The highest BCUT2D eigenvalue weighted by atomic mass is 14.8. The van der Waals surface area contributed by atoms with Crippen molar-refractivity contribution in [2.75, 3.05) is 6.54 Å². The van der Waals surface area contributed by atoms with Gasteiger partial charge in [0.25, 0.3) is 0 Å². The van der Waals surface area contributed by atoms with Gasteiger partial charge in [0.1, 0.15) is 0 Å². The van der Waals surface area contributed by atoms with Crippen molar-refractivity contribution in [1.29, 1.82) is 0 Å². The van der Waals surface area contributed by atoms with E-state index in [1.807, 2.05) is 12.4 Å². The van der Waals surface area contributed by atoms with Crippen LogP contribution in [0.3, 0.4) is 0 Å². The third-order valence-corrected chi connectivity index (χ3v) is 2.41. The molecule has 14 heavy (non-hydrogen) atoms. The zero-order chi connectivity index (χ0) is 10.2. The number of aromatic nitrogens is 1. The molecule has 0 aromatic carbocycles. The van der Waals surface area contributed by atoms with Crippen molar-refractivity contribution in [1.82, 2.24) is 10.3 Å². The quantitative estimate of drug-likeness (QED) is 0.701. The molecule has 0 bridgehead atoms. The summed E-state index contributed by atoms with van der Waals surface area (Å²) in [6, 6.07) is 2.09. The van der Waals surface area contributed by atoms with Crippen LogP contribution < -0.4 is 5.32 Å². The lowest BCUT2D eigenvalue weighted by Crippen LogP contribution is -2.15. The van der Waals surface area contributed by atoms with Crippen LogP contribution in [0.1, 0.15) is 37.3 Å². The summed E-state index contributed by atoms with van der Waals surface area (Å²) >= 11 is 0. The van der Waals surface area contributed by atoms with Gasteiger partial charge in [0.05, 0.1) is 0 Å². The molecular weight excluding hydrogens is 172 g/mol. The average Bonchev–Trinajstić information content (AvgIpc) is 2.20. The highest BCUT2D eigenvalue weighted by molar-refractivity contribution is 5.20. The average molecular weight is 192 g/mol. The minimum atomic E-state index is 0.970. The summed E-state index contributed by atoms with van der Waals surface area (Å²) < 4.78 is 0. The fourth-order valence-corrected chi connectivity index (χ4v) is 1.42. The third-order valence-electron chi connectivity index (χ3n) is 2.41. The Balaban J connectivity index is 2.21. The Morgan fingerprint density at radius 2 is 2.21 bits per heavy atom. The number of nitrogens with zero attached hydrogens (tertiary/aromatic N) is 1. The molecule has 0 fully saturated rings. The highest BCUT2D eigenvalue weighted by Gasteiger charge is 1.95. The summed E-state index contributed by atoms with van der Waals surface area (Å²) in [6.07, 6.45) is 7.66. The van der Waals surface area contributed by atoms with Gasteiger partial charge >= 0.3 is 0 Å². The molecular formula is C12H20N2. The molecule has 0 amide bonds. The molecule has 1 heterocycles. The van der Waals surface area contributed by atoms with E-state index in [0.29, 0.717) is 0 Å². The number of pyridine rings is 1. The topological polar surface area (TPSA) is 24.9 Å². The van der Waals surface area contributed by atoms with E-state index in [1.54, 1.807) is 0 Å². The van der Waals surface area contributed by atoms with E-state index in [1.165, 1.54) is 30.4 Å². The lowest BCUT2D eigenvalue weighted by Gasteiger charge is -2.06. The van der Waals surface area contributed by atoms with Crippen molar-refractivity contribution in [2.45, 2.75) is 39.7 Å². The summed E-state index contributed by atoms with van der Waals surface area (Å²) in [7, 11) is 0. The number of nitrogens with one attached hydrogen (secondary N) is 1. The number of aryl methyl sites for hydroxylation is 1. The van der Waals surface area contributed by atoms with Gasteiger partial charge in [0, 0.05) is 18.9 Å². The highest BCUT2D eigenvalue weighted by Crippen LogP contribution is 2.04. The fraction of sp³-hybridized carbons (Fsp3) is 0.583. The van der Waals surface area contributed by atoms with Crippen LogP contribution in [0.5, 0.6) is 0 Å². The van der Waals surface area contributed by atoms with Crippen LogP contribution in [-0.4, -0.2) is 11.5 Å². The maximum Gasteiger partial charge on any atom is 0.0300 e. The van der Waals surface area contributed by atoms with Crippen LogP contribution in [0, 0.1) is 6.92 Å². The molecule has 0 unspecified atom stereocenters. The van der Waals surface area contributed by atoms with E-state index in [4.69, 9.17) is 0 Å². The molecule has 0 saturated carbocycles. The van der Waals surface area contributed by atoms with Gasteiger partial charge < -0.3 is 5.32 Å². The van der Waals surface area contributed by atoms with Gasteiger partial charge in [-0.1, -0.05) is 19.8 Å². The van der Waals surface area contributed by atoms with Crippen LogP contribution in [-0.2, 0) is 6.54 Å². The Labute approximate surface area is 86.8 Å². The predicted octanol–water partition coefficient (Wildman–Crippen LogP) is 2.67.